The molecule has 3 aliphatic heterocycles. The van der Waals surface area contributed by atoms with Gasteiger partial charge in [0, 0.05) is 44.9 Å². The van der Waals surface area contributed by atoms with E-state index in [0.717, 1.165) is 63.3 Å². The van der Waals surface area contributed by atoms with E-state index in [0.29, 0.717) is 13.2 Å². The van der Waals surface area contributed by atoms with Crippen LogP contribution in [0.3, 0.4) is 0 Å². The summed E-state index contributed by atoms with van der Waals surface area (Å²) in [6, 6.07) is 3.89. The number of hydrogen-bond acceptors (Lipinski definition) is 7. The fourth-order valence-electron chi connectivity index (χ4n) is 4.35. The van der Waals surface area contributed by atoms with Gasteiger partial charge in [0.1, 0.15) is 12.1 Å². The van der Waals surface area contributed by atoms with E-state index in [1.54, 1.807) is 10.8 Å². The molecule has 0 bridgehead atoms. The Labute approximate surface area is 157 Å². The summed E-state index contributed by atoms with van der Waals surface area (Å²) in [5.74, 6) is 0.861. The lowest BCUT2D eigenvalue weighted by molar-refractivity contribution is -0.188. The van der Waals surface area contributed by atoms with E-state index in [1.165, 1.54) is 0 Å². The first-order valence-electron chi connectivity index (χ1n) is 9.71. The number of anilines is 1. The Bertz CT molecular complexity index is 815. The van der Waals surface area contributed by atoms with Gasteiger partial charge < -0.3 is 19.3 Å². The molecule has 0 N–H and O–H groups in total. The van der Waals surface area contributed by atoms with Crippen molar-refractivity contribution in [1.29, 1.82) is 0 Å². The van der Waals surface area contributed by atoms with Crippen LogP contribution in [0.4, 0.5) is 5.82 Å². The standard InChI is InChI=1S/C18H24N6O3/c25-17(23-9-5-18(6-10-23)26-11-12-27-18)14-3-7-22(8-4-14)16-2-1-15-20-19-13-24(15)21-16/h1-2,13-14H,3-12H2. The van der Waals surface area contributed by atoms with Crippen molar-refractivity contribution in [3.05, 3.63) is 18.5 Å². The molecule has 3 aliphatic rings. The van der Waals surface area contributed by atoms with Gasteiger partial charge in [0.05, 0.1) is 13.2 Å². The summed E-state index contributed by atoms with van der Waals surface area (Å²) in [6.45, 7) is 4.46. The van der Waals surface area contributed by atoms with Crippen LogP contribution in [0.2, 0.25) is 0 Å². The monoisotopic (exact) mass is 372 g/mol. The third-order valence-electron chi connectivity index (χ3n) is 5.97. The van der Waals surface area contributed by atoms with E-state index in [-0.39, 0.29) is 11.8 Å². The highest BCUT2D eigenvalue weighted by molar-refractivity contribution is 5.79. The van der Waals surface area contributed by atoms with Crippen LogP contribution < -0.4 is 4.90 Å². The highest BCUT2D eigenvalue weighted by Crippen LogP contribution is 2.32. The van der Waals surface area contributed by atoms with Crippen molar-refractivity contribution in [2.45, 2.75) is 31.5 Å². The summed E-state index contributed by atoms with van der Waals surface area (Å²) in [4.78, 5) is 17.2. The van der Waals surface area contributed by atoms with Crippen LogP contribution >= 0.6 is 0 Å². The molecule has 0 radical (unpaired) electrons. The Morgan fingerprint density at radius 2 is 1.81 bits per heavy atom. The number of carbonyl (C=O) groups excluding carboxylic acids is 1. The van der Waals surface area contributed by atoms with Crippen LogP contribution in [0.15, 0.2) is 18.5 Å². The van der Waals surface area contributed by atoms with Gasteiger partial charge in [-0.15, -0.1) is 15.3 Å². The van der Waals surface area contributed by atoms with Crippen LogP contribution in [-0.2, 0) is 14.3 Å². The topological polar surface area (TPSA) is 85.1 Å². The second-order valence-corrected chi connectivity index (χ2v) is 7.52. The van der Waals surface area contributed by atoms with Gasteiger partial charge in [0.2, 0.25) is 5.91 Å². The normalized spacial score (nSPS) is 23.4. The first kappa shape index (κ1) is 16.9. The summed E-state index contributed by atoms with van der Waals surface area (Å²) in [5.41, 5.74) is 0.738. The van der Waals surface area contributed by atoms with Crippen molar-refractivity contribution >= 4 is 17.4 Å². The molecule has 0 aliphatic carbocycles. The molecule has 2 aromatic rings. The van der Waals surface area contributed by atoms with E-state index < -0.39 is 5.79 Å². The van der Waals surface area contributed by atoms with Crippen molar-refractivity contribution in [1.82, 2.24) is 24.7 Å². The largest absolute Gasteiger partial charge is 0.355 e. The van der Waals surface area contributed by atoms with Crippen LogP contribution in [-0.4, -0.2) is 75.8 Å². The molecule has 9 heteroatoms. The summed E-state index contributed by atoms with van der Waals surface area (Å²) in [5, 5.41) is 12.4. The maximum atomic E-state index is 12.9. The maximum absolute atomic E-state index is 12.9. The lowest BCUT2D eigenvalue weighted by atomic mass is 9.93. The molecule has 1 amide bonds. The third-order valence-corrected chi connectivity index (χ3v) is 5.97. The SMILES string of the molecule is O=C(C1CCN(c2ccc3nncn3n2)CC1)N1CCC2(CC1)OCCO2. The fraction of sp³-hybridized carbons (Fsp3) is 0.667. The summed E-state index contributed by atoms with van der Waals surface area (Å²) in [6.07, 6.45) is 4.88. The number of likely N-dealkylation sites (tertiary alicyclic amines) is 1. The number of amides is 1. The number of carbonyl (C=O) groups is 1. The van der Waals surface area contributed by atoms with E-state index >= 15 is 0 Å². The molecule has 5 rings (SSSR count). The lowest BCUT2D eigenvalue weighted by Gasteiger charge is -2.40. The van der Waals surface area contributed by atoms with Crippen molar-refractivity contribution in [2.75, 3.05) is 44.3 Å². The number of fused-ring (bicyclic) bond motifs is 1. The second-order valence-electron chi connectivity index (χ2n) is 7.52. The van der Waals surface area contributed by atoms with E-state index in [4.69, 9.17) is 9.47 Å². The number of nitrogens with zero attached hydrogens (tertiary/aromatic N) is 6. The molecule has 0 unspecified atom stereocenters. The van der Waals surface area contributed by atoms with Crippen molar-refractivity contribution in [2.24, 2.45) is 5.92 Å². The van der Waals surface area contributed by atoms with Crippen LogP contribution in [0.1, 0.15) is 25.7 Å². The van der Waals surface area contributed by atoms with Gasteiger partial charge in [-0.3, -0.25) is 4.79 Å². The molecule has 9 nitrogen and oxygen atoms in total. The molecular weight excluding hydrogens is 348 g/mol. The average Bonchev–Trinajstić information content (AvgIpc) is 3.37. The Hall–Kier alpha value is -2.26. The summed E-state index contributed by atoms with van der Waals surface area (Å²) < 4.78 is 13.2. The number of hydrogen-bond donors (Lipinski definition) is 0. The molecule has 0 saturated carbocycles. The Balaban J connectivity index is 1.17. The number of piperidine rings is 2. The van der Waals surface area contributed by atoms with Crippen molar-refractivity contribution < 1.29 is 14.3 Å². The number of ether oxygens (including phenoxy) is 2. The molecule has 3 saturated heterocycles. The molecule has 144 valence electrons. The highest BCUT2D eigenvalue weighted by Gasteiger charge is 2.41. The Kier molecular flexibility index (Phi) is 4.20. The van der Waals surface area contributed by atoms with Crippen molar-refractivity contribution in [3.8, 4) is 0 Å². The Morgan fingerprint density at radius 3 is 2.56 bits per heavy atom. The van der Waals surface area contributed by atoms with Gasteiger partial charge in [0.25, 0.3) is 0 Å². The average molecular weight is 372 g/mol. The second kappa shape index (κ2) is 6.72. The minimum absolute atomic E-state index is 0.0966. The Morgan fingerprint density at radius 1 is 1.07 bits per heavy atom. The van der Waals surface area contributed by atoms with Gasteiger partial charge in [-0.1, -0.05) is 0 Å². The van der Waals surface area contributed by atoms with Crippen molar-refractivity contribution in [3.63, 3.8) is 0 Å². The minimum Gasteiger partial charge on any atom is -0.355 e. The third kappa shape index (κ3) is 3.14. The van der Waals surface area contributed by atoms with E-state index in [9.17, 15) is 4.79 Å². The van der Waals surface area contributed by atoms with E-state index in [2.05, 4.69) is 20.2 Å². The molecule has 3 fully saturated rings. The first-order chi connectivity index (χ1) is 13.2. The van der Waals surface area contributed by atoms with Crippen LogP contribution in [0, 0.1) is 5.92 Å². The van der Waals surface area contributed by atoms with Gasteiger partial charge in [-0.2, -0.15) is 4.52 Å². The number of rotatable bonds is 2. The van der Waals surface area contributed by atoms with Gasteiger partial charge >= 0.3 is 0 Å². The number of aromatic nitrogens is 4. The lowest BCUT2D eigenvalue weighted by Crippen LogP contribution is -2.50. The van der Waals surface area contributed by atoms with E-state index in [1.807, 2.05) is 17.0 Å². The fourth-order valence-corrected chi connectivity index (χ4v) is 4.35. The van der Waals surface area contributed by atoms with Gasteiger partial charge in [-0.25, -0.2) is 0 Å². The molecule has 27 heavy (non-hydrogen) atoms. The van der Waals surface area contributed by atoms with Crippen LogP contribution in [0.25, 0.3) is 5.65 Å². The molecule has 0 aromatic carbocycles. The maximum Gasteiger partial charge on any atom is 0.225 e. The van der Waals surface area contributed by atoms with Gasteiger partial charge in [0.15, 0.2) is 11.4 Å². The quantitative estimate of drug-likeness (QED) is 0.767. The molecule has 5 heterocycles. The zero-order valence-electron chi connectivity index (χ0n) is 15.3. The molecule has 2 aromatic heterocycles. The minimum atomic E-state index is -0.424. The zero-order valence-corrected chi connectivity index (χ0v) is 15.3. The van der Waals surface area contributed by atoms with Gasteiger partial charge in [-0.05, 0) is 25.0 Å². The molecule has 0 atom stereocenters. The summed E-state index contributed by atoms with van der Waals surface area (Å²) >= 11 is 0. The predicted octanol–water partition coefficient (Wildman–Crippen LogP) is 0.706. The first-order valence-corrected chi connectivity index (χ1v) is 9.71. The zero-order chi connectivity index (χ0) is 18.3. The molecule has 1 spiro atoms. The predicted molar refractivity (Wildman–Crippen MR) is 96.2 cm³/mol. The smallest absolute Gasteiger partial charge is 0.225 e. The summed E-state index contributed by atoms with van der Waals surface area (Å²) in [7, 11) is 0. The highest BCUT2D eigenvalue weighted by atomic mass is 16.7. The molecular formula is C18H24N6O3. The van der Waals surface area contributed by atoms with Crippen LogP contribution in [0.5, 0.6) is 0 Å².